The SMILES string of the molecule is CCOc1ccc(Br)cc1S(=O)(=O)N1CCN(CCOc2ccccc2)CC1. The molecule has 0 saturated carbocycles. The quantitative estimate of drug-likeness (QED) is 0.594. The van der Waals surface area contributed by atoms with Crippen LogP contribution in [0.3, 0.4) is 0 Å². The molecule has 1 aliphatic rings. The Morgan fingerprint density at radius 3 is 2.39 bits per heavy atom. The monoisotopic (exact) mass is 468 g/mol. The normalized spacial score (nSPS) is 16.1. The molecule has 28 heavy (non-hydrogen) atoms. The summed E-state index contributed by atoms with van der Waals surface area (Å²) in [6.45, 7) is 5.86. The van der Waals surface area contributed by atoms with E-state index in [0.717, 1.165) is 12.3 Å². The molecule has 0 aliphatic carbocycles. The van der Waals surface area contributed by atoms with Crippen LogP contribution in [0.2, 0.25) is 0 Å². The van der Waals surface area contributed by atoms with Gasteiger partial charge in [0, 0.05) is 37.2 Å². The molecular weight excluding hydrogens is 444 g/mol. The minimum atomic E-state index is -3.60. The van der Waals surface area contributed by atoms with Gasteiger partial charge < -0.3 is 9.47 Å². The molecule has 152 valence electrons. The van der Waals surface area contributed by atoms with E-state index in [0.29, 0.717) is 49.6 Å². The van der Waals surface area contributed by atoms with Crippen LogP contribution in [0.1, 0.15) is 6.92 Å². The van der Waals surface area contributed by atoms with Crippen LogP contribution >= 0.6 is 15.9 Å². The fraction of sp³-hybridized carbons (Fsp3) is 0.400. The summed E-state index contributed by atoms with van der Waals surface area (Å²) in [5.41, 5.74) is 0. The first-order valence-corrected chi connectivity index (χ1v) is 11.6. The number of para-hydroxylation sites is 1. The molecule has 3 rings (SSSR count). The fourth-order valence-electron chi connectivity index (χ4n) is 3.10. The van der Waals surface area contributed by atoms with Gasteiger partial charge in [0.15, 0.2) is 0 Å². The van der Waals surface area contributed by atoms with Gasteiger partial charge in [-0.25, -0.2) is 8.42 Å². The highest BCUT2D eigenvalue weighted by atomic mass is 79.9. The van der Waals surface area contributed by atoms with E-state index in [1.54, 1.807) is 18.2 Å². The van der Waals surface area contributed by atoms with Crippen LogP contribution in [0.15, 0.2) is 57.9 Å². The predicted molar refractivity (Wildman–Crippen MR) is 112 cm³/mol. The average molecular weight is 469 g/mol. The van der Waals surface area contributed by atoms with Crippen molar-refractivity contribution in [1.29, 1.82) is 0 Å². The second-order valence-corrected chi connectivity index (χ2v) is 9.25. The lowest BCUT2D eigenvalue weighted by atomic mass is 10.3. The summed E-state index contributed by atoms with van der Waals surface area (Å²) in [6.07, 6.45) is 0. The first-order chi connectivity index (χ1) is 13.5. The summed E-state index contributed by atoms with van der Waals surface area (Å²) >= 11 is 3.36. The molecular formula is C20H25BrN2O4S. The lowest BCUT2D eigenvalue weighted by Gasteiger charge is -2.34. The predicted octanol–water partition coefficient (Wildman–Crippen LogP) is 3.23. The Labute approximate surface area is 175 Å². The number of hydrogen-bond donors (Lipinski definition) is 0. The third-order valence-corrected chi connectivity index (χ3v) is 6.99. The van der Waals surface area contributed by atoms with Gasteiger partial charge in [0.05, 0.1) is 6.61 Å². The molecule has 1 saturated heterocycles. The van der Waals surface area contributed by atoms with Gasteiger partial charge in [0.1, 0.15) is 23.0 Å². The van der Waals surface area contributed by atoms with Crippen molar-refractivity contribution in [3.63, 3.8) is 0 Å². The Balaban J connectivity index is 1.57. The number of rotatable bonds is 8. The van der Waals surface area contributed by atoms with E-state index in [2.05, 4.69) is 20.8 Å². The number of piperazine rings is 1. The van der Waals surface area contributed by atoms with Crippen molar-refractivity contribution >= 4 is 26.0 Å². The second-order valence-electron chi connectivity index (χ2n) is 6.43. The molecule has 6 nitrogen and oxygen atoms in total. The Kier molecular flexibility index (Phi) is 7.34. The maximum atomic E-state index is 13.1. The molecule has 0 amide bonds. The van der Waals surface area contributed by atoms with Crippen LogP contribution in [0.4, 0.5) is 0 Å². The lowest BCUT2D eigenvalue weighted by Crippen LogP contribution is -2.49. The number of hydrogen-bond acceptors (Lipinski definition) is 5. The van der Waals surface area contributed by atoms with Gasteiger partial charge in [-0.15, -0.1) is 0 Å². The highest BCUT2D eigenvalue weighted by molar-refractivity contribution is 9.10. The van der Waals surface area contributed by atoms with Crippen molar-refractivity contribution in [3.05, 3.63) is 53.0 Å². The molecule has 0 spiro atoms. The van der Waals surface area contributed by atoms with Crippen LogP contribution in [0.5, 0.6) is 11.5 Å². The molecule has 1 fully saturated rings. The standard InChI is InChI=1S/C20H25BrN2O4S/c1-2-26-19-9-8-17(21)16-20(19)28(24,25)23-12-10-22(11-13-23)14-15-27-18-6-4-3-5-7-18/h3-9,16H,2,10-15H2,1H3. The van der Waals surface area contributed by atoms with Gasteiger partial charge >= 0.3 is 0 Å². The third kappa shape index (κ3) is 5.26. The maximum absolute atomic E-state index is 13.1. The number of halogens is 1. The average Bonchev–Trinajstić information content (AvgIpc) is 2.71. The molecule has 0 N–H and O–H groups in total. The van der Waals surface area contributed by atoms with Crippen molar-refractivity contribution < 1.29 is 17.9 Å². The van der Waals surface area contributed by atoms with Crippen LogP contribution in [-0.4, -0.2) is 63.6 Å². The molecule has 0 radical (unpaired) electrons. The van der Waals surface area contributed by atoms with E-state index < -0.39 is 10.0 Å². The van der Waals surface area contributed by atoms with E-state index >= 15 is 0 Å². The number of sulfonamides is 1. The third-order valence-electron chi connectivity index (χ3n) is 4.57. The van der Waals surface area contributed by atoms with Crippen molar-refractivity contribution in [2.24, 2.45) is 0 Å². The van der Waals surface area contributed by atoms with Crippen molar-refractivity contribution in [2.45, 2.75) is 11.8 Å². The smallest absolute Gasteiger partial charge is 0.246 e. The Bertz CT molecular complexity index is 869. The minimum Gasteiger partial charge on any atom is -0.492 e. The number of nitrogens with zero attached hydrogens (tertiary/aromatic N) is 2. The Morgan fingerprint density at radius 1 is 1.00 bits per heavy atom. The maximum Gasteiger partial charge on any atom is 0.246 e. The second kappa shape index (κ2) is 9.73. The molecule has 0 atom stereocenters. The van der Waals surface area contributed by atoms with Gasteiger partial charge in [-0.1, -0.05) is 34.1 Å². The zero-order valence-corrected chi connectivity index (χ0v) is 18.3. The molecule has 0 unspecified atom stereocenters. The zero-order valence-electron chi connectivity index (χ0n) is 15.9. The minimum absolute atomic E-state index is 0.213. The Hall–Kier alpha value is -1.61. The summed E-state index contributed by atoms with van der Waals surface area (Å²) < 4.78 is 39.8. The summed E-state index contributed by atoms with van der Waals surface area (Å²) in [4.78, 5) is 2.43. The van der Waals surface area contributed by atoms with E-state index in [-0.39, 0.29) is 4.90 Å². The topological polar surface area (TPSA) is 59.1 Å². The highest BCUT2D eigenvalue weighted by Crippen LogP contribution is 2.30. The van der Waals surface area contributed by atoms with Crippen molar-refractivity contribution in [2.75, 3.05) is 45.9 Å². The molecule has 2 aromatic rings. The van der Waals surface area contributed by atoms with Gasteiger partial charge in [-0.05, 0) is 37.3 Å². The highest BCUT2D eigenvalue weighted by Gasteiger charge is 2.31. The zero-order chi connectivity index (χ0) is 20.0. The van der Waals surface area contributed by atoms with Crippen LogP contribution in [0.25, 0.3) is 0 Å². The van der Waals surface area contributed by atoms with Crippen molar-refractivity contribution in [1.82, 2.24) is 9.21 Å². The largest absolute Gasteiger partial charge is 0.492 e. The fourth-order valence-corrected chi connectivity index (χ4v) is 5.19. The molecule has 0 aromatic heterocycles. The first-order valence-electron chi connectivity index (χ1n) is 9.33. The summed E-state index contributed by atoms with van der Waals surface area (Å²) in [7, 11) is -3.60. The molecule has 0 bridgehead atoms. The Morgan fingerprint density at radius 2 is 1.71 bits per heavy atom. The van der Waals surface area contributed by atoms with Crippen molar-refractivity contribution in [3.8, 4) is 11.5 Å². The molecule has 8 heteroatoms. The summed E-state index contributed by atoms with van der Waals surface area (Å²) in [5, 5.41) is 0. The van der Waals surface area contributed by atoms with E-state index in [1.807, 2.05) is 37.3 Å². The van der Waals surface area contributed by atoms with Crippen LogP contribution in [0, 0.1) is 0 Å². The van der Waals surface area contributed by atoms with E-state index in [4.69, 9.17) is 9.47 Å². The lowest BCUT2D eigenvalue weighted by molar-refractivity contribution is 0.158. The molecule has 1 heterocycles. The summed E-state index contributed by atoms with van der Waals surface area (Å²) in [6, 6.07) is 14.8. The number of ether oxygens (including phenoxy) is 2. The van der Waals surface area contributed by atoms with Gasteiger partial charge in [0.25, 0.3) is 0 Å². The van der Waals surface area contributed by atoms with E-state index in [1.165, 1.54) is 4.31 Å². The first kappa shape index (κ1) is 21.1. The van der Waals surface area contributed by atoms with Gasteiger partial charge in [0.2, 0.25) is 10.0 Å². The van der Waals surface area contributed by atoms with Gasteiger partial charge in [-0.2, -0.15) is 4.31 Å². The number of benzene rings is 2. The molecule has 2 aromatic carbocycles. The van der Waals surface area contributed by atoms with E-state index in [9.17, 15) is 8.42 Å². The van der Waals surface area contributed by atoms with Gasteiger partial charge in [-0.3, -0.25) is 4.90 Å². The summed E-state index contributed by atoms with van der Waals surface area (Å²) in [5.74, 6) is 1.24. The van der Waals surface area contributed by atoms with Crippen LogP contribution < -0.4 is 9.47 Å². The van der Waals surface area contributed by atoms with Crippen LogP contribution in [-0.2, 0) is 10.0 Å². The molecule has 1 aliphatic heterocycles.